The first-order chi connectivity index (χ1) is 54.7. The molecule has 0 radical (unpaired) electrons. The van der Waals surface area contributed by atoms with Gasteiger partial charge in [0.2, 0.25) is 0 Å². The monoisotopic (exact) mass is 1540 g/mol. The highest BCUT2D eigenvalue weighted by Gasteiger charge is 2.74. The van der Waals surface area contributed by atoms with Crippen LogP contribution in [-0.4, -0.2) is 229 Å². The van der Waals surface area contributed by atoms with Gasteiger partial charge < -0.3 is 84.3 Å². The Morgan fingerprint density at radius 3 is 1.55 bits per heavy atom. The van der Waals surface area contributed by atoms with E-state index in [-0.39, 0.29) is 57.5 Å². The van der Waals surface area contributed by atoms with Gasteiger partial charge in [-0.2, -0.15) is 0 Å². The molecule has 4 spiro atoms. The largest absolute Gasteiger partial charge is 0.508 e. The van der Waals surface area contributed by atoms with Crippen molar-refractivity contribution in [3.8, 4) is 51.7 Å². The number of nitrogens with zero attached hydrogens (tertiary/aromatic N) is 5. The molecule has 22 atom stereocenters. The number of phenols is 4. The first-order valence-electron chi connectivity index (χ1n) is 43.9. The van der Waals surface area contributed by atoms with Gasteiger partial charge in [-0.3, -0.25) is 9.80 Å². The van der Waals surface area contributed by atoms with E-state index in [2.05, 4.69) is 76.0 Å². The van der Waals surface area contributed by atoms with Crippen LogP contribution in [0.4, 0.5) is 0 Å². The van der Waals surface area contributed by atoms with Crippen molar-refractivity contribution < 1.29 is 69.6 Å². The minimum atomic E-state index is -0.884. The Kier molecular flexibility index (Phi) is 16.7. The van der Waals surface area contributed by atoms with Crippen LogP contribution in [0.15, 0.2) is 91.0 Å². The van der Waals surface area contributed by atoms with Crippen LogP contribution in [0, 0.1) is 29.6 Å². The molecule has 21 aliphatic rings. The Balaban J connectivity index is 0.0000000866. The summed E-state index contributed by atoms with van der Waals surface area (Å²) in [4.78, 5) is 12.6. The molecule has 9 heterocycles. The molecular weight excluding hydrogens is 1420 g/mol. The molecule has 19 heteroatoms. The van der Waals surface area contributed by atoms with Crippen molar-refractivity contribution in [1.29, 1.82) is 0 Å². The van der Waals surface area contributed by atoms with Gasteiger partial charge in [-0.05, 0) is 276 Å². The van der Waals surface area contributed by atoms with Crippen molar-refractivity contribution >= 4 is 0 Å². The molecule has 10 fully saturated rings. The van der Waals surface area contributed by atoms with E-state index in [9.17, 15) is 46.0 Å². The van der Waals surface area contributed by atoms with Gasteiger partial charge in [-0.15, -0.1) is 0 Å². The number of aliphatic hydroxyl groups excluding tert-OH is 3. The topological polar surface area (TPSA) is 244 Å². The van der Waals surface area contributed by atoms with E-state index in [1.165, 1.54) is 121 Å². The van der Waals surface area contributed by atoms with E-state index in [4.69, 9.17) is 23.7 Å². The highest BCUT2D eigenvalue weighted by Crippen LogP contribution is 2.70. The standard InChI is InChI=1S/C21H27NO4.C21H29NO2.C18H21NO3.C17H19NO3.C17H21NO2/c23-14-5-4-13-10-16-21(25)7-6-15(24)19-20(21,17(13)18(14)26-19)8-9-22(16)11-12-2-1-3-12;23-17-7-6-16-12-19-21(24)9-2-1-8-20(21,18(16)13-17)10-11-22(19)14-15-4-3-5-15;1-19-8-7-18-11-4-5-13(20)17(18)22-16-14(21-2)6-3-10(15(16)18)9-12(11)19;1-18-7-6-17-10-3-5-13(20)16(17)21-15-12(19)4-2-9(14(15)17)8-11(10)18;1-18-8-7-17-11-3-2-4-14(17)20-16-13(19)6-5-10(15(16)17)9-12(11)18/h4-5,12,15-16,19,23-25H,1-3,6-11H2;6-7,13,15,19,23-24H,1-5,8-12,14H2;3-6,11-13,17,20H,7-9H2,1-2H3;2-5,10-11,13,16,19-20H,6-8H2,1H3;5-6,11-12,14,19H,2-4,7-9H2,1H3/t15-,16+,19-,20-,21+;19-,20+,21-;11-,12+,13-,17-,18-;10-,11+,13-,16-,17-;11-,12-,14+,17-/m01001/s1. The highest BCUT2D eigenvalue weighted by atomic mass is 16.5. The van der Waals surface area contributed by atoms with Crippen LogP contribution >= 0.6 is 0 Å². The summed E-state index contributed by atoms with van der Waals surface area (Å²) in [6, 6.07) is 23.5. The van der Waals surface area contributed by atoms with Crippen molar-refractivity contribution in [2.24, 2.45) is 29.6 Å². The van der Waals surface area contributed by atoms with Crippen LogP contribution in [0.2, 0.25) is 0 Å². The number of methoxy groups -OCH3 is 1. The van der Waals surface area contributed by atoms with E-state index >= 15 is 0 Å². The molecule has 5 saturated heterocycles. The van der Waals surface area contributed by atoms with Crippen molar-refractivity contribution in [2.75, 3.05) is 74.1 Å². The average molecular weight is 1540 g/mol. The highest BCUT2D eigenvalue weighted by molar-refractivity contribution is 5.66. The van der Waals surface area contributed by atoms with E-state index in [1.54, 1.807) is 19.2 Å². The van der Waals surface area contributed by atoms with Gasteiger partial charge >= 0.3 is 0 Å². The predicted octanol–water partition coefficient (Wildman–Crippen LogP) is 10.2. The summed E-state index contributed by atoms with van der Waals surface area (Å²) in [6.07, 6.45) is 33.2. The number of aromatic hydroxyl groups is 4. The lowest BCUT2D eigenvalue weighted by Gasteiger charge is -2.64. The fourth-order valence-corrected chi connectivity index (χ4v) is 29.5. The Bertz CT molecular complexity index is 4740. The van der Waals surface area contributed by atoms with E-state index in [1.807, 2.05) is 48.6 Å². The van der Waals surface area contributed by atoms with E-state index < -0.39 is 41.0 Å². The fraction of sp³-hybridized carbons (Fsp3) is 0.638. The van der Waals surface area contributed by atoms with Gasteiger partial charge in [0.15, 0.2) is 46.0 Å². The third-order valence-corrected chi connectivity index (χ3v) is 35.1. The molecule has 9 N–H and O–H groups in total. The normalized spacial score (nSPS) is 41.5. The Morgan fingerprint density at radius 1 is 0.434 bits per heavy atom. The average Bonchev–Trinajstić information content (AvgIpc) is 1.58. The maximum atomic E-state index is 12.1. The molecule has 0 unspecified atom stereocenters. The summed E-state index contributed by atoms with van der Waals surface area (Å²) in [5, 5.41) is 96.6. The second-order valence-corrected chi connectivity index (χ2v) is 39.2. The SMILES string of the molecule is CN1CC[C@]23c4c5ccc(O)c4O[C@H]2CCC[C@@H]3[C@H]1C5.CN1CC[C@]23c4c5ccc(O)c4O[C@H]2[C@@H](O)C=C[C@H]3[C@H]1C5.COc1ccc2c3c1O[C@H]1[C@@H](O)C=C[C@H]4[C@@H](C2)N(C)CC[C@@]341.Oc1ccc2c(c1)[C@@]13CCCC[C@@]1(O)[C@@H](C2)N(CC1CCC1)CC3.Oc1ccc2c3c1O[C@H]1[C@@H](O)CC[C@@]4(O)[C@@H](C2)N(CC2CCC2)CC[C@]314. The minimum absolute atomic E-state index is 0.0806. The van der Waals surface area contributed by atoms with E-state index in [0.29, 0.717) is 71.9 Å². The lowest BCUT2D eigenvalue weighted by molar-refractivity contribution is -0.209. The molecule has 0 amide bonds. The molecule has 26 rings (SSSR count). The van der Waals surface area contributed by atoms with Crippen molar-refractivity contribution in [3.63, 3.8) is 0 Å². The smallest absolute Gasteiger partial charge is 0.165 e. The maximum Gasteiger partial charge on any atom is 0.165 e. The van der Waals surface area contributed by atoms with Crippen molar-refractivity contribution in [1.82, 2.24) is 24.5 Å². The first kappa shape index (κ1) is 72.8. The summed E-state index contributed by atoms with van der Waals surface area (Å²) in [5.74, 6) is 7.80. The number of likely N-dealkylation sites (N-methyl/N-ethyl adjacent to an activating group) is 3. The van der Waals surface area contributed by atoms with Gasteiger partial charge in [0.1, 0.15) is 42.4 Å². The van der Waals surface area contributed by atoms with Crippen LogP contribution in [-0.2, 0) is 59.2 Å². The molecule has 5 saturated carbocycles. The molecule has 9 aliphatic heterocycles. The molecule has 5 aromatic carbocycles. The lowest BCUT2D eigenvalue weighted by atomic mass is 9.48. The van der Waals surface area contributed by atoms with Gasteiger partial charge in [0.25, 0.3) is 0 Å². The summed E-state index contributed by atoms with van der Waals surface area (Å²) < 4.78 is 30.4. The Labute approximate surface area is 664 Å². The number of hydrogen-bond acceptors (Lipinski definition) is 19. The quantitative estimate of drug-likeness (QED) is 0.0743. The maximum absolute atomic E-state index is 12.1. The Morgan fingerprint density at radius 2 is 0.929 bits per heavy atom. The van der Waals surface area contributed by atoms with Crippen LogP contribution < -0.4 is 23.7 Å². The lowest BCUT2D eigenvalue weighted by Crippen LogP contribution is -2.77. The van der Waals surface area contributed by atoms with Crippen LogP contribution in [0.5, 0.6) is 51.7 Å². The molecule has 19 nitrogen and oxygen atoms in total. The van der Waals surface area contributed by atoms with Crippen LogP contribution in [0.1, 0.15) is 184 Å². The summed E-state index contributed by atoms with van der Waals surface area (Å²) in [6.45, 7) is 7.53. The molecule has 0 aromatic heterocycles. The number of piperidine rings is 5. The predicted molar refractivity (Wildman–Crippen MR) is 426 cm³/mol. The molecule has 113 heavy (non-hydrogen) atoms. The molecular formula is C94H117N5O14. The zero-order valence-electron chi connectivity index (χ0n) is 66.4. The second kappa shape index (κ2) is 25.9. The third kappa shape index (κ3) is 9.78. The first-order valence-corrected chi connectivity index (χ1v) is 43.9. The van der Waals surface area contributed by atoms with Gasteiger partial charge in [-0.1, -0.05) is 80.3 Å². The number of rotatable bonds is 5. The number of likely N-dealkylation sites (tertiary alicyclic amines) is 5. The number of phenolic OH excluding ortho intramolecular Hbond substituents is 4. The molecule has 602 valence electrons. The van der Waals surface area contributed by atoms with E-state index in [0.717, 1.165) is 163 Å². The third-order valence-electron chi connectivity index (χ3n) is 35.1. The number of ether oxygens (including phenoxy) is 5. The summed E-state index contributed by atoms with van der Waals surface area (Å²) in [5.41, 5.74) is 10.5. The van der Waals surface area contributed by atoms with Gasteiger partial charge in [-0.25, -0.2) is 0 Å². The van der Waals surface area contributed by atoms with Crippen molar-refractivity contribution in [2.45, 2.75) is 272 Å². The minimum Gasteiger partial charge on any atom is -0.508 e. The molecule has 10 bridgehead atoms. The number of hydrogen-bond donors (Lipinski definition) is 9. The number of benzene rings is 5. The van der Waals surface area contributed by atoms with Gasteiger partial charge in [0, 0.05) is 99.0 Å². The zero-order chi connectivity index (χ0) is 76.9. The van der Waals surface area contributed by atoms with Crippen LogP contribution in [0.25, 0.3) is 0 Å². The molecule has 12 aliphatic carbocycles. The number of fused-ring (bicyclic) bond motifs is 1. The summed E-state index contributed by atoms with van der Waals surface area (Å²) >= 11 is 0. The fourth-order valence-electron chi connectivity index (χ4n) is 29.5. The summed E-state index contributed by atoms with van der Waals surface area (Å²) in [7, 11) is 8.38. The number of aliphatic hydroxyl groups is 5. The Hall–Kier alpha value is -6.62. The van der Waals surface area contributed by atoms with Crippen molar-refractivity contribution in [3.05, 3.63) is 147 Å². The van der Waals surface area contributed by atoms with Crippen LogP contribution in [0.3, 0.4) is 0 Å². The second-order valence-electron chi connectivity index (χ2n) is 39.2. The molecule has 5 aromatic rings. The zero-order valence-corrected chi connectivity index (χ0v) is 66.4. The van der Waals surface area contributed by atoms with Gasteiger partial charge in [0.05, 0.1) is 29.8 Å².